The quantitative estimate of drug-likeness (QED) is 0.836. The van der Waals surface area contributed by atoms with Gasteiger partial charge in [0.05, 0.1) is 31.6 Å². The van der Waals surface area contributed by atoms with Crippen molar-refractivity contribution in [1.82, 2.24) is 14.9 Å². The van der Waals surface area contributed by atoms with Gasteiger partial charge in [-0.3, -0.25) is 4.90 Å². The van der Waals surface area contributed by atoms with Gasteiger partial charge in [-0.25, -0.2) is 4.98 Å². The Balaban J connectivity index is 1.51. The minimum atomic E-state index is 0.214. The fourth-order valence-corrected chi connectivity index (χ4v) is 3.52. The Bertz CT molecular complexity index is 675. The molecule has 2 aromatic rings. The van der Waals surface area contributed by atoms with Crippen LogP contribution in [0.15, 0.2) is 35.1 Å². The molecule has 0 N–H and O–H groups in total. The second-order valence-corrected chi connectivity index (χ2v) is 6.55. The highest BCUT2D eigenvalue weighted by Crippen LogP contribution is 2.28. The predicted molar refractivity (Wildman–Crippen MR) is 91.2 cm³/mol. The lowest BCUT2D eigenvalue weighted by Gasteiger charge is -2.37. The maximum Gasteiger partial charge on any atom is 0.226 e. The van der Waals surface area contributed by atoms with E-state index < -0.39 is 0 Å². The number of likely N-dealkylation sites (tertiary alicyclic amines) is 1. The van der Waals surface area contributed by atoms with Crippen LogP contribution in [0.25, 0.3) is 0 Å². The summed E-state index contributed by atoms with van der Waals surface area (Å²) in [5, 5.41) is 0. The number of anilines is 2. The Labute approximate surface area is 141 Å². The Morgan fingerprint density at radius 1 is 1.29 bits per heavy atom. The largest absolute Gasteiger partial charge is 0.468 e. The number of hydrogen-bond acceptors (Lipinski definition) is 7. The number of rotatable bonds is 4. The van der Waals surface area contributed by atoms with Crippen LogP contribution in [0.1, 0.15) is 5.76 Å². The van der Waals surface area contributed by atoms with Crippen molar-refractivity contribution >= 4 is 11.8 Å². The summed E-state index contributed by atoms with van der Waals surface area (Å²) in [5.74, 6) is 2.71. The van der Waals surface area contributed by atoms with Crippen molar-refractivity contribution in [3.8, 4) is 0 Å². The topological polar surface area (TPSA) is 57.9 Å². The molecule has 24 heavy (non-hydrogen) atoms. The van der Waals surface area contributed by atoms with Gasteiger partial charge >= 0.3 is 0 Å². The molecule has 0 amide bonds. The van der Waals surface area contributed by atoms with E-state index in [4.69, 9.17) is 14.1 Å². The smallest absolute Gasteiger partial charge is 0.226 e. The third kappa shape index (κ3) is 2.97. The molecule has 128 valence electrons. The summed E-state index contributed by atoms with van der Waals surface area (Å²) in [6.07, 6.45) is 3.77. The van der Waals surface area contributed by atoms with Crippen molar-refractivity contribution < 1.29 is 9.15 Å². The van der Waals surface area contributed by atoms with E-state index in [0.29, 0.717) is 6.04 Å². The first-order valence-corrected chi connectivity index (χ1v) is 8.34. The molecule has 2 aliphatic heterocycles. The molecule has 2 atom stereocenters. The van der Waals surface area contributed by atoms with Crippen molar-refractivity contribution in [2.75, 3.05) is 50.1 Å². The summed E-state index contributed by atoms with van der Waals surface area (Å²) >= 11 is 0. The normalized spacial score (nSPS) is 24.2. The standard InChI is InChI=1S/C17H23N5O2/c1-20(2)17-18-6-5-16(19-17)22-7-9-24-15-12-21(11-14(15)22)10-13-4-3-8-23-13/h3-6,8,14-15H,7,9-12H2,1-2H3/t14-,15+/m1/s1. The van der Waals surface area contributed by atoms with Crippen molar-refractivity contribution in [3.63, 3.8) is 0 Å². The minimum absolute atomic E-state index is 0.214. The van der Waals surface area contributed by atoms with Crippen LogP contribution in [-0.2, 0) is 11.3 Å². The molecule has 2 aliphatic rings. The van der Waals surface area contributed by atoms with Crippen LogP contribution in [0, 0.1) is 0 Å². The van der Waals surface area contributed by atoms with E-state index in [1.165, 1.54) is 0 Å². The molecular weight excluding hydrogens is 306 g/mol. The van der Waals surface area contributed by atoms with Crippen molar-refractivity contribution in [3.05, 3.63) is 36.4 Å². The summed E-state index contributed by atoms with van der Waals surface area (Å²) in [6, 6.07) is 6.27. The molecule has 0 bridgehead atoms. The molecule has 7 heteroatoms. The summed E-state index contributed by atoms with van der Waals surface area (Å²) in [6.45, 7) is 4.29. The lowest BCUT2D eigenvalue weighted by Crippen LogP contribution is -2.51. The van der Waals surface area contributed by atoms with E-state index in [9.17, 15) is 0 Å². The van der Waals surface area contributed by atoms with Gasteiger partial charge in [0.1, 0.15) is 11.6 Å². The average Bonchev–Trinajstić information content (AvgIpc) is 3.23. The molecule has 0 spiro atoms. The summed E-state index contributed by atoms with van der Waals surface area (Å²) in [4.78, 5) is 15.7. The number of furan rings is 1. The van der Waals surface area contributed by atoms with E-state index >= 15 is 0 Å². The number of nitrogens with zero attached hydrogens (tertiary/aromatic N) is 5. The Morgan fingerprint density at radius 2 is 2.21 bits per heavy atom. The molecule has 0 aliphatic carbocycles. The molecule has 2 saturated heterocycles. The zero-order valence-electron chi connectivity index (χ0n) is 14.1. The third-order valence-electron chi connectivity index (χ3n) is 4.66. The summed E-state index contributed by atoms with van der Waals surface area (Å²) in [7, 11) is 3.92. The zero-order valence-corrected chi connectivity index (χ0v) is 14.1. The lowest BCUT2D eigenvalue weighted by atomic mass is 10.1. The van der Waals surface area contributed by atoms with Crippen molar-refractivity contribution in [1.29, 1.82) is 0 Å². The Morgan fingerprint density at radius 3 is 3.00 bits per heavy atom. The minimum Gasteiger partial charge on any atom is -0.468 e. The van der Waals surface area contributed by atoms with E-state index in [1.54, 1.807) is 6.26 Å². The Kier molecular flexibility index (Phi) is 4.12. The van der Waals surface area contributed by atoms with Crippen molar-refractivity contribution in [2.45, 2.75) is 18.7 Å². The van der Waals surface area contributed by atoms with Crippen LogP contribution in [-0.4, -0.2) is 67.4 Å². The van der Waals surface area contributed by atoms with Crippen LogP contribution in [0.5, 0.6) is 0 Å². The van der Waals surface area contributed by atoms with Gasteiger partial charge in [0.2, 0.25) is 5.95 Å². The second kappa shape index (κ2) is 6.41. The first-order chi connectivity index (χ1) is 11.7. The van der Waals surface area contributed by atoms with Gasteiger partial charge in [0.25, 0.3) is 0 Å². The number of aromatic nitrogens is 2. The number of fused-ring (bicyclic) bond motifs is 1. The average molecular weight is 329 g/mol. The van der Waals surface area contributed by atoms with E-state index in [0.717, 1.165) is 50.3 Å². The third-order valence-corrected chi connectivity index (χ3v) is 4.66. The molecule has 7 nitrogen and oxygen atoms in total. The summed E-state index contributed by atoms with van der Waals surface area (Å²) < 4.78 is 11.5. The SMILES string of the molecule is CN(C)c1nccc(N2CCO[C@H]3CN(Cc4ccco4)C[C@H]32)n1. The number of ether oxygens (including phenoxy) is 1. The molecule has 0 radical (unpaired) electrons. The first-order valence-electron chi connectivity index (χ1n) is 8.34. The van der Waals surface area contributed by atoms with Crippen LogP contribution in [0.3, 0.4) is 0 Å². The van der Waals surface area contributed by atoms with Gasteiger partial charge in [0.15, 0.2) is 0 Å². The Hall–Kier alpha value is -2.12. The lowest BCUT2D eigenvalue weighted by molar-refractivity contribution is 0.0301. The van der Waals surface area contributed by atoms with Crippen molar-refractivity contribution in [2.24, 2.45) is 0 Å². The van der Waals surface area contributed by atoms with Crippen LogP contribution < -0.4 is 9.80 Å². The molecule has 2 fully saturated rings. The first kappa shape index (κ1) is 15.4. The molecule has 2 aromatic heterocycles. The molecular formula is C17H23N5O2. The van der Waals surface area contributed by atoms with E-state index in [1.807, 2.05) is 43.4 Å². The number of hydrogen-bond donors (Lipinski definition) is 0. The molecule has 4 rings (SSSR count). The van der Waals surface area contributed by atoms with E-state index in [2.05, 4.69) is 14.8 Å². The van der Waals surface area contributed by atoms with Gasteiger partial charge < -0.3 is 19.0 Å². The van der Waals surface area contributed by atoms with Crippen LogP contribution in [0.4, 0.5) is 11.8 Å². The highest BCUT2D eigenvalue weighted by molar-refractivity contribution is 5.45. The highest BCUT2D eigenvalue weighted by Gasteiger charge is 2.40. The van der Waals surface area contributed by atoms with Crippen LogP contribution in [0.2, 0.25) is 0 Å². The van der Waals surface area contributed by atoms with Gasteiger partial charge in [0, 0.05) is 39.9 Å². The molecule has 4 heterocycles. The highest BCUT2D eigenvalue weighted by atomic mass is 16.5. The molecule has 0 saturated carbocycles. The summed E-state index contributed by atoms with van der Waals surface area (Å²) in [5.41, 5.74) is 0. The van der Waals surface area contributed by atoms with Gasteiger partial charge in [-0.05, 0) is 18.2 Å². The maximum atomic E-state index is 6.01. The van der Waals surface area contributed by atoms with Gasteiger partial charge in [-0.15, -0.1) is 0 Å². The van der Waals surface area contributed by atoms with E-state index in [-0.39, 0.29) is 6.10 Å². The molecule has 0 unspecified atom stereocenters. The van der Waals surface area contributed by atoms with Gasteiger partial charge in [-0.1, -0.05) is 0 Å². The number of morpholine rings is 1. The zero-order chi connectivity index (χ0) is 16.5. The monoisotopic (exact) mass is 329 g/mol. The fourth-order valence-electron chi connectivity index (χ4n) is 3.52. The predicted octanol–water partition coefficient (Wildman–Crippen LogP) is 1.23. The fraction of sp³-hybridized carbons (Fsp3) is 0.529. The van der Waals surface area contributed by atoms with Crippen LogP contribution >= 0.6 is 0 Å². The maximum absolute atomic E-state index is 6.01. The van der Waals surface area contributed by atoms with Gasteiger partial charge in [-0.2, -0.15) is 4.98 Å². The second-order valence-electron chi connectivity index (χ2n) is 6.55. The molecule has 0 aromatic carbocycles.